The summed E-state index contributed by atoms with van der Waals surface area (Å²) in [5.74, 6) is 2.88. The first-order valence-electron chi connectivity index (χ1n) is 7.26. The number of aromatic amines is 1. The number of nitrogens with one attached hydrogen (secondary N) is 1. The minimum Gasteiger partial charge on any atom is -0.381 e. The first kappa shape index (κ1) is 11.4. The Morgan fingerprint density at radius 3 is 3.05 bits per heavy atom. The van der Waals surface area contributed by atoms with Gasteiger partial charge in [-0.25, -0.2) is 0 Å². The highest BCUT2D eigenvalue weighted by Gasteiger charge is 2.55. The van der Waals surface area contributed by atoms with Crippen LogP contribution >= 0.6 is 0 Å². The molecule has 106 valence electrons. The lowest BCUT2D eigenvalue weighted by Gasteiger charge is -2.07. The Labute approximate surface area is 120 Å². The lowest BCUT2D eigenvalue weighted by atomic mass is 10.2. The highest BCUT2D eigenvalue weighted by Crippen LogP contribution is 2.57. The Morgan fingerprint density at radius 2 is 2.14 bits per heavy atom. The van der Waals surface area contributed by atoms with E-state index >= 15 is 0 Å². The van der Waals surface area contributed by atoms with Crippen molar-refractivity contribution in [3.63, 3.8) is 0 Å². The molecule has 0 spiro atoms. The molecule has 3 atom stereocenters. The van der Waals surface area contributed by atoms with Crippen molar-refractivity contribution in [3.8, 4) is 11.5 Å². The third-order valence-electron chi connectivity index (χ3n) is 4.65. The summed E-state index contributed by atoms with van der Waals surface area (Å²) in [6.07, 6.45) is 1.10. The van der Waals surface area contributed by atoms with Gasteiger partial charge >= 0.3 is 0 Å². The number of nitrogens with zero attached hydrogens (tertiary/aromatic N) is 3. The molecule has 5 rings (SSSR count). The Kier molecular flexibility index (Phi) is 2.26. The highest BCUT2D eigenvalue weighted by molar-refractivity contribution is 5.90. The summed E-state index contributed by atoms with van der Waals surface area (Å²) < 4.78 is 11.0. The van der Waals surface area contributed by atoms with E-state index in [1.165, 1.54) is 0 Å². The average Bonchev–Trinajstić information content (AvgIpc) is 2.87. The molecule has 6 nitrogen and oxygen atoms in total. The SMILES string of the molecule is c1ccc2c(-c3noc(C4C5CCOCC54)n3)n[nH]c2c1. The van der Waals surface area contributed by atoms with Gasteiger partial charge in [-0.15, -0.1) is 0 Å². The Balaban J connectivity index is 1.51. The van der Waals surface area contributed by atoms with E-state index in [0.29, 0.717) is 23.6 Å². The van der Waals surface area contributed by atoms with Gasteiger partial charge in [-0.3, -0.25) is 5.10 Å². The van der Waals surface area contributed by atoms with Gasteiger partial charge in [0, 0.05) is 17.9 Å². The van der Waals surface area contributed by atoms with Crippen LogP contribution in [0.4, 0.5) is 0 Å². The van der Waals surface area contributed by atoms with Gasteiger partial charge in [-0.2, -0.15) is 10.1 Å². The number of para-hydroxylation sites is 1. The van der Waals surface area contributed by atoms with E-state index in [1.807, 2.05) is 24.3 Å². The summed E-state index contributed by atoms with van der Waals surface area (Å²) in [5.41, 5.74) is 1.73. The van der Waals surface area contributed by atoms with Crippen molar-refractivity contribution >= 4 is 10.9 Å². The lowest BCUT2D eigenvalue weighted by molar-refractivity contribution is 0.0886. The van der Waals surface area contributed by atoms with Crippen molar-refractivity contribution < 1.29 is 9.26 Å². The summed E-state index contributed by atoms with van der Waals surface area (Å²) in [4.78, 5) is 4.57. The van der Waals surface area contributed by atoms with Crippen molar-refractivity contribution in [2.24, 2.45) is 11.8 Å². The number of aromatic nitrogens is 4. The van der Waals surface area contributed by atoms with Crippen LogP contribution in [0.5, 0.6) is 0 Å². The quantitative estimate of drug-likeness (QED) is 0.780. The number of hydrogen-bond donors (Lipinski definition) is 1. The minimum absolute atomic E-state index is 0.374. The van der Waals surface area contributed by atoms with Crippen molar-refractivity contribution in [2.45, 2.75) is 12.3 Å². The molecule has 2 fully saturated rings. The molecule has 1 N–H and O–H groups in total. The Bertz CT molecular complexity index is 797. The second kappa shape index (κ2) is 4.14. The summed E-state index contributed by atoms with van der Waals surface area (Å²) in [6.45, 7) is 1.67. The van der Waals surface area contributed by atoms with Crippen LogP contribution in [0.3, 0.4) is 0 Å². The fourth-order valence-corrected chi connectivity index (χ4v) is 3.47. The predicted octanol–water partition coefficient (Wildman–Crippen LogP) is 2.36. The molecule has 0 bridgehead atoms. The van der Waals surface area contributed by atoms with Gasteiger partial charge in [0.2, 0.25) is 11.7 Å². The highest BCUT2D eigenvalue weighted by atomic mass is 16.5. The van der Waals surface area contributed by atoms with Crippen LogP contribution in [0.25, 0.3) is 22.4 Å². The van der Waals surface area contributed by atoms with Gasteiger partial charge in [-0.1, -0.05) is 23.4 Å². The lowest BCUT2D eigenvalue weighted by Crippen LogP contribution is -2.06. The van der Waals surface area contributed by atoms with Gasteiger partial charge in [0.05, 0.1) is 12.1 Å². The number of hydrogen-bond acceptors (Lipinski definition) is 5. The zero-order chi connectivity index (χ0) is 13.8. The smallest absolute Gasteiger partial charge is 0.230 e. The van der Waals surface area contributed by atoms with E-state index in [2.05, 4.69) is 20.3 Å². The second-order valence-corrected chi connectivity index (χ2v) is 5.79. The monoisotopic (exact) mass is 282 g/mol. The molecule has 0 radical (unpaired) electrons. The van der Waals surface area contributed by atoms with E-state index in [9.17, 15) is 0 Å². The molecule has 1 aromatic carbocycles. The largest absolute Gasteiger partial charge is 0.381 e. The van der Waals surface area contributed by atoms with E-state index in [4.69, 9.17) is 9.26 Å². The fraction of sp³-hybridized carbons (Fsp3) is 0.400. The maximum Gasteiger partial charge on any atom is 0.230 e. The zero-order valence-electron chi connectivity index (χ0n) is 11.3. The molecular formula is C15H14N4O2. The number of benzene rings is 1. The number of fused-ring (bicyclic) bond motifs is 2. The number of H-pyrrole nitrogens is 1. The molecule has 3 aromatic rings. The van der Waals surface area contributed by atoms with Gasteiger partial charge in [0.1, 0.15) is 5.69 Å². The molecule has 6 heteroatoms. The van der Waals surface area contributed by atoms with E-state index in [1.54, 1.807) is 0 Å². The van der Waals surface area contributed by atoms with Gasteiger partial charge in [0.25, 0.3) is 0 Å². The molecule has 3 heterocycles. The first-order valence-corrected chi connectivity index (χ1v) is 7.26. The Hall–Kier alpha value is -2.21. The summed E-state index contributed by atoms with van der Waals surface area (Å²) in [6, 6.07) is 7.95. The molecular weight excluding hydrogens is 268 g/mol. The summed E-state index contributed by atoms with van der Waals surface area (Å²) in [5, 5.41) is 12.4. The van der Waals surface area contributed by atoms with Gasteiger partial charge in [0.15, 0.2) is 0 Å². The topological polar surface area (TPSA) is 76.8 Å². The second-order valence-electron chi connectivity index (χ2n) is 5.79. The summed E-state index contributed by atoms with van der Waals surface area (Å²) >= 11 is 0. The fourth-order valence-electron chi connectivity index (χ4n) is 3.47. The molecule has 3 unspecified atom stereocenters. The molecule has 1 aliphatic heterocycles. The minimum atomic E-state index is 0.374. The average molecular weight is 282 g/mol. The van der Waals surface area contributed by atoms with Crippen LogP contribution < -0.4 is 0 Å². The molecule has 1 saturated carbocycles. The normalized spacial score (nSPS) is 27.7. The molecule has 1 saturated heterocycles. The third kappa shape index (κ3) is 1.65. The predicted molar refractivity (Wildman–Crippen MR) is 74.5 cm³/mol. The molecule has 0 amide bonds. The van der Waals surface area contributed by atoms with Crippen molar-refractivity contribution in [3.05, 3.63) is 30.2 Å². The molecule has 21 heavy (non-hydrogen) atoms. The zero-order valence-corrected chi connectivity index (χ0v) is 11.3. The van der Waals surface area contributed by atoms with Crippen LogP contribution in [0.15, 0.2) is 28.8 Å². The summed E-state index contributed by atoms with van der Waals surface area (Å²) in [7, 11) is 0. The van der Waals surface area contributed by atoms with Crippen LogP contribution in [-0.4, -0.2) is 33.6 Å². The number of rotatable bonds is 2. The molecule has 2 aromatic heterocycles. The van der Waals surface area contributed by atoms with E-state index in [0.717, 1.165) is 42.1 Å². The maximum absolute atomic E-state index is 5.50. The van der Waals surface area contributed by atoms with Crippen LogP contribution in [0.2, 0.25) is 0 Å². The van der Waals surface area contributed by atoms with Gasteiger partial charge < -0.3 is 9.26 Å². The molecule has 2 aliphatic rings. The Morgan fingerprint density at radius 1 is 1.19 bits per heavy atom. The van der Waals surface area contributed by atoms with E-state index < -0.39 is 0 Å². The van der Waals surface area contributed by atoms with Crippen LogP contribution in [0.1, 0.15) is 18.2 Å². The van der Waals surface area contributed by atoms with Crippen LogP contribution in [-0.2, 0) is 4.74 Å². The van der Waals surface area contributed by atoms with Crippen molar-refractivity contribution in [1.82, 2.24) is 20.3 Å². The third-order valence-corrected chi connectivity index (χ3v) is 4.65. The maximum atomic E-state index is 5.50. The molecule has 1 aliphatic carbocycles. The van der Waals surface area contributed by atoms with Crippen molar-refractivity contribution in [1.29, 1.82) is 0 Å². The number of ether oxygens (including phenoxy) is 1. The van der Waals surface area contributed by atoms with Crippen molar-refractivity contribution in [2.75, 3.05) is 13.2 Å². The van der Waals surface area contributed by atoms with Crippen LogP contribution in [0, 0.1) is 11.8 Å². The van der Waals surface area contributed by atoms with Gasteiger partial charge in [-0.05, 0) is 24.3 Å². The standard InChI is InChI=1S/C15H14N4O2/c1-2-4-11-9(3-1)13(18-17-11)14-16-15(21-19-14)12-8-5-6-20-7-10(8)12/h1-4,8,10,12H,5-7H2,(H,17,18). The first-order chi connectivity index (χ1) is 10.4. The van der Waals surface area contributed by atoms with E-state index in [-0.39, 0.29) is 0 Å².